The van der Waals surface area contributed by atoms with Gasteiger partial charge in [0.1, 0.15) is 59.1 Å². The Labute approximate surface area is 364 Å². The van der Waals surface area contributed by atoms with Crippen LogP contribution >= 0.6 is 11.6 Å². The van der Waals surface area contributed by atoms with E-state index in [1.165, 1.54) is 0 Å². The van der Waals surface area contributed by atoms with Gasteiger partial charge in [-0.25, -0.2) is 18.7 Å². The van der Waals surface area contributed by atoms with Crippen LogP contribution in [0.1, 0.15) is 54.5 Å². The number of fused-ring (bicyclic) bond motifs is 1. The fourth-order valence-corrected chi connectivity index (χ4v) is 9.58. The van der Waals surface area contributed by atoms with Gasteiger partial charge in [-0.05, 0) is 92.4 Å². The first-order valence-corrected chi connectivity index (χ1v) is 21.3. The van der Waals surface area contributed by atoms with Crippen LogP contribution in [0.4, 0.5) is 26.1 Å². The average molecular weight is 863 g/mol. The zero-order valence-corrected chi connectivity index (χ0v) is 36.0. The van der Waals surface area contributed by atoms with E-state index in [4.69, 9.17) is 51.2 Å². The van der Waals surface area contributed by atoms with E-state index in [9.17, 15) is 4.39 Å². The number of nitrogens with zero attached hydrogens (tertiary/aromatic N) is 7. The van der Waals surface area contributed by atoms with Crippen LogP contribution in [0.3, 0.4) is 0 Å². The number of aryl methyl sites for hydroxylation is 1. The maximum absolute atomic E-state index is 17.7. The van der Waals surface area contributed by atoms with Crippen molar-refractivity contribution in [3.8, 4) is 34.6 Å². The van der Waals surface area contributed by atoms with Crippen molar-refractivity contribution in [2.75, 3.05) is 62.6 Å². The monoisotopic (exact) mass is 862 g/mol. The number of hydrogen-bond donors (Lipinski definition) is 1. The average Bonchev–Trinajstić information content (AvgIpc) is 3.74. The second-order valence-electron chi connectivity index (χ2n) is 16.4. The smallest absolute Gasteiger partial charge is 0.319 e. The van der Waals surface area contributed by atoms with Gasteiger partial charge in [-0.2, -0.15) is 9.97 Å². The molecule has 9 rings (SSSR count). The number of nitrogens with two attached hydrogens (primary N) is 1. The fraction of sp³-hybridized carbons (Fsp3) is 0.362. The molecule has 322 valence electrons. The van der Waals surface area contributed by atoms with Crippen LogP contribution in [0, 0.1) is 12.7 Å². The number of halogens is 3. The lowest BCUT2D eigenvalue weighted by atomic mass is 9.95. The summed E-state index contributed by atoms with van der Waals surface area (Å²) in [7, 11) is 3.27. The highest BCUT2D eigenvalue weighted by Gasteiger charge is 2.49. The molecule has 0 radical (unpaired) electrons. The number of benzene rings is 3. The molecule has 62 heavy (non-hydrogen) atoms. The molecule has 15 heteroatoms. The summed E-state index contributed by atoms with van der Waals surface area (Å²) in [6, 6.07) is 22.9. The van der Waals surface area contributed by atoms with E-state index in [1.54, 1.807) is 20.4 Å². The molecule has 2 fully saturated rings. The van der Waals surface area contributed by atoms with Crippen molar-refractivity contribution in [1.29, 1.82) is 0 Å². The topological polar surface area (TPSA) is 124 Å². The Kier molecular flexibility index (Phi) is 11.4. The summed E-state index contributed by atoms with van der Waals surface area (Å²) >= 11 is 7.45. The number of methoxy groups -OCH3 is 2. The fourth-order valence-electron chi connectivity index (χ4n) is 9.26. The number of hydrogen-bond acceptors (Lipinski definition) is 12. The molecule has 0 unspecified atom stereocenters. The molecule has 3 aliphatic rings. The van der Waals surface area contributed by atoms with Gasteiger partial charge in [0.05, 0.1) is 43.1 Å². The predicted octanol–water partition coefficient (Wildman–Crippen LogP) is 8.91. The van der Waals surface area contributed by atoms with E-state index >= 15 is 4.39 Å². The molecule has 2 saturated heterocycles. The Bertz CT molecular complexity index is 2550. The van der Waals surface area contributed by atoms with Crippen molar-refractivity contribution in [3.63, 3.8) is 0 Å². The van der Waals surface area contributed by atoms with Crippen molar-refractivity contribution in [2.24, 2.45) is 0 Å². The Hall–Kier alpha value is -5.99. The normalized spacial score (nSPS) is 18.9. The lowest BCUT2D eigenvalue weighted by Crippen LogP contribution is -2.43. The van der Waals surface area contributed by atoms with Crippen molar-refractivity contribution in [1.82, 2.24) is 24.8 Å². The zero-order chi connectivity index (χ0) is 43.1. The number of pyridine rings is 2. The molecule has 3 aliphatic heterocycles. The van der Waals surface area contributed by atoms with Gasteiger partial charge in [0.2, 0.25) is 5.88 Å². The highest BCUT2D eigenvalue weighted by atomic mass is 35.5. The van der Waals surface area contributed by atoms with Gasteiger partial charge in [0.15, 0.2) is 5.82 Å². The highest BCUT2D eigenvalue weighted by molar-refractivity contribution is 6.36. The molecular formula is C47H49ClF2N8O4. The van der Waals surface area contributed by atoms with Crippen molar-refractivity contribution >= 4 is 39.8 Å². The molecule has 3 atom stereocenters. The minimum absolute atomic E-state index is 0.0264. The predicted molar refractivity (Wildman–Crippen MR) is 237 cm³/mol. The second kappa shape index (κ2) is 17.1. The first kappa shape index (κ1) is 41.4. The first-order chi connectivity index (χ1) is 30.0. The number of rotatable bonds is 13. The van der Waals surface area contributed by atoms with Crippen LogP contribution in [0.15, 0.2) is 79.0 Å². The third kappa shape index (κ3) is 7.85. The zero-order valence-electron chi connectivity index (χ0n) is 35.2. The summed E-state index contributed by atoms with van der Waals surface area (Å²) in [5.41, 5.74) is 10.5. The van der Waals surface area contributed by atoms with Crippen molar-refractivity contribution in [3.05, 3.63) is 112 Å². The van der Waals surface area contributed by atoms with Crippen molar-refractivity contribution < 1.29 is 27.7 Å². The number of alkyl halides is 1. The lowest BCUT2D eigenvalue weighted by Gasteiger charge is -2.32. The van der Waals surface area contributed by atoms with Crippen LogP contribution < -0.4 is 34.5 Å². The Morgan fingerprint density at radius 2 is 1.69 bits per heavy atom. The largest absolute Gasteiger partial charge is 0.497 e. The molecule has 0 aliphatic carbocycles. The van der Waals surface area contributed by atoms with E-state index in [0.717, 1.165) is 53.1 Å². The molecule has 6 aromatic rings. The number of anilines is 3. The summed E-state index contributed by atoms with van der Waals surface area (Å²) in [4.78, 5) is 25.2. The number of aromatic nitrogens is 4. The van der Waals surface area contributed by atoms with Crippen LogP contribution in [0.5, 0.6) is 23.4 Å². The second-order valence-corrected chi connectivity index (χ2v) is 16.8. The molecule has 3 aromatic carbocycles. The Morgan fingerprint density at radius 1 is 0.984 bits per heavy atom. The minimum Gasteiger partial charge on any atom is -0.497 e. The standard InChI is InChI=1S/C47H49ClF2N8O4/c1-28-21-36(39(48)37(22-28)56(24-30-8-12-33(59-3)13-9-30)25-31-10-14-34(60-4)15-11-31)41-40(50)42-38-44(55-46(54-42)62-27-47-16-6-18-57(47)26-32(49)23-47)58(19-20-61-45(38)53-41)29(2)35-7-5-17-52-43(35)51/h5,7-15,17,21-22,29,32H,6,16,18-20,23-27H2,1-4H3,(H2,51,52)/t29-,32-,47+/m1/s1. The van der Waals surface area contributed by atoms with Gasteiger partial charge >= 0.3 is 6.01 Å². The summed E-state index contributed by atoms with van der Waals surface area (Å²) in [6.07, 6.45) is 2.79. The SMILES string of the molecule is COc1ccc(CN(Cc2ccc(OC)cc2)c2cc(C)cc(-c3nc4c5c(nc(OC[C@@]67CCCN6C[C@H](F)C7)nc5c3F)N([C@H](C)c3cccnc3N)CCO4)c2Cl)cc1. The van der Waals surface area contributed by atoms with Gasteiger partial charge < -0.3 is 34.5 Å². The number of nitrogen functional groups attached to an aromatic ring is 1. The van der Waals surface area contributed by atoms with Gasteiger partial charge in [0.25, 0.3) is 0 Å². The maximum atomic E-state index is 17.7. The lowest BCUT2D eigenvalue weighted by molar-refractivity contribution is 0.107. The summed E-state index contributed by atoms with van der Waals surface area (Å²) in [6.45, 7) is 6.78. The third-order valence-corrected chi connectivity index (χ3v) is 12.8. The minimum atomic E-state index is -0.944. The summed E-state index contributed by atoms with van der Waals surface area (Å²) in [5, 5.41) is 0.597. The molecule has 0 spiro atoms. The van der Waals surface area contributed by atoms with E-state index in [-0.39, 0.29) is 42.4 Å². The van der Waals surface area contributed by atoms with Crippen LogP contribution in [0.2, 0.25) is 5.02 Å². The maximum Gasteiger partial charge on any atom is 0.319 e. The Balaban J connectivity index is 1.17. The van der Waals surface area contributed by atoms with Crippen LogP contribution in [0.25, 0.3) is 22.2 Å². The third-order valence-electron chi connectivity index (χ3n) is 12.4. The highest BCUT2D eigenvalue weighted by Crippen LogP contribution is 2.46. The van der Waals surface area contributed by atoms with Gasteiger partial charge in [0, 0.05) is 43.4 Å². The van der Waals surface area contributed by atoms with Crippen molar-refractivity contribution in [2.45, 2.75) is 64.0 Å². The number of ether oxygens (including phenoxy) is 4. The van der Waals surface area contributed by atoms with E-state index in [2.05, 4.69) is 14.8 Å². The molecule has 12 nitrogen and oxygen atoms in total. The molecule has 2 N–H and O–H groups in total. The van der Waals surface area contributed by atoms with Gasteiger partial charge in [-0.3, -0.25) is 4.90 Å². The molecule has 0 bridgehead atoms. The summed E-state index contributed by atoms with van der Waals surface area (Å²) in [5.74, 6) is 1.69. The van der Waals surface area contributed by atoms with E-state index in [1.807, 2.05) is 91.5 Å². The summed E-state index contributed by atoms with van der Waals surface area (Å²) < 4.78 is 56.2. The molecule has 6 heterocycles. The molecular weight excluding hydrogens is 814 g/mol. The van der Waals surface area contributed by atoms with E-state index < -0.39 is 17.5 Å². The first-order valence-electron chi connectivity index (χ1n) is 20.9. The van der Waals surface area contributed by atoms with Gasteiger partial charge in [-0.1, -0.05) is 41.9 Å². The van der Waals surface area contributed by atoms with Gasteiger partial charge in [-0.15, -0.1) is 0 Å². The molecule has 0 amide bonds. The molecule has 3 aromatic heterocycles. The van der Waals surface area contributed by atoms with Crippen LogP contribution in [-0.2, 0) is 13.1 Å². The van der Waals surface area contributed by atoms with Crippen LogP contribution in [-0.4, -0.2) is 83.6 Å². The Morgan fingerprint density at radius 3 is 2.37 bits per heavy atom. The molecule has 0 saturated carbocycles. The quantitative estimate of drug-likeness (QED) is 0.119. The van der Waals surface area contributed by atoms with E-state index in [0.29, 0.717) is 65.9 Å².